The molecule has 2 aromatic carbocycles. The molecule has 0 bridgehead atoms. The number of nitrogens with zero attached hydrogens (tertiary/aromatic N) is 1. The van der Waals surface area contributed by atoms with Gasteiger partial charge >= 0.3 is 5.97 Å². The van der Waals surface area contributed by atoms with Gasteiger partial charge in [-0.25, -0.2) is 9.78 Å². The monoisotopic (exact) mass is 597 g/mol. The molecule has 37 heavy (non-hydrogen) atoms. The molecule has 11 heteroatoms. The fourth-order valence-corrected chi connectivity index (χ4v) is 5.47. The standard InChI is InChI=1S/C26H20BrN3O5S2/c1-35-26(34)21(12-18-14-29-25(37-18)22-6-3-9-36-22)30-24(33)19-8-7-16(11-20(19)27)23(32)28-13-15-4-2-5-17(31)10-15/h2-12,14,31H,13H2,1H3,(H,28,32)(H,30,33)/b21-12-. The van der Waals surface area contributed by atoms with E-state index in [1.54, 1.807) is 41.8 Å². The van der Waals surface area contributed by atoms with Crippen LogP contribution in [0.15, 0.2) is 76.3 Å². The number of hydrogen-bond acceptors (Lipinski definition) is 8. The van der Waals surface area contributed by atoms with Crippen molar-refractivity contribution in [3.05, 3.63) is 97.9 Å². The number of phenolic OH excluding ortho intramolecular Hbond substituents is 1. The summed E-state index contributed by atoms with van der Waals surface area (Å²) >= 11 is 6.28. The third-order valence-electron chi connectivity index (χ3n) is 5.04. The zero-order valence-corrected chi connectivity index (χ0v) is 22.6. The van der Waals surface area contributed by atoms with Gasteiger partial charge in [0, 0.05) is 27.7 Å². The Morgan fingerprint density at radius 3 is 2.65 bits per heavy atom. The van der Waals surface area contributed by atoms with Crippen LogP contribution in [0.3, 0.4) is 0 Å². The molecule has 8 nitrogen and oxygen atoms in total. The number of amides is 2. The summed E-state index contributed by atoms with van der Waals surface area (Å²) in [7, 11) is 1.23. The summed E-state index contributed by atoms with van der Waals surface area (Å²) in [5.41, 5.74) is 1.25. The maximum atomic E-state index is 13.0. The second-order valence-corrected chi connectivity index (χ2v) is 10.5. The normalized spacial score (nSPS) is 11.1. The SMILES string of the molecule is COC(=O)/C(=C/c1cnc(-c2cccs2)s1)NC(=O)c1ccc(C(=O)NCc2cccc(O)c2)cc1Br. The van der Waals surface area contributed by atoms with Crippen molar-refractivity contribution in [1.82, 2.24) is 15.6 Å². The lowest BCUT2D eigenvalue weighted by molar-refractivity contribution is -0.136. The van der Waals surface area contributed by atoms with E-state index in [0.717, 1.165) is 15.4 Å². The first-order valence-corrected chi connectivity index (χ1v) is 13.3. The van der Waals surface area contributed by atoms with Crippen LogP contribution in [-0.4, -0.2) is 35.0 Å². The fraction of sp³-hybridized carbons (Fsp3) is 0.0769. The zero-order valence-electron chi connectivity index (χ0n) is 19.4. The lowest BCUT2D eigenvalue weighted by Gasteiger charge is -2.11. The summed E-state index contributed by atoms with van der Waals surface area (Å²) in [4.78, 5) is 43.9. The largest absolute Gasteiger partial charge is 0.508 e. The molecule has 0 saturated heterocycles. The van der Waals surface area contributed by atoms with E-state index in [1.807, 2.05) is 17.5 Å². The Morgan fingerprint density at radius 1 is 1.11 bits per heavy atom. The molecular formula is C26H20BrN3O5S2. The average Bonchev–Trinajstić information content (AvgIpc) is 3.58. The van der Waals surface area contributed by atoms with Gasteiger partial charge in [-0.15, -0.1) is 22.7 Å². The topological polar surface area (TPSA) is 118 Å². The molecule has 2 amide bonds. The summed E-state index contributed by atoms with van der Waals surface area (Å²) in [6, 6.07) is 15.0. The summed E-state index contributed by atoms with van der Waals surface area (Å²) in [6.45, 7) is 0.228. The van der Waals surface area contributed by atoms with E-state index in [4.69, 9.17) is 4.74 Å². The molecule has 0 atom stereocenters. The van der Waals surface area contributed by atoms with Gasteiger partial charge < -0.3 is 20.5 Å². The van der Waals surface area contributed by atoms with Crippen molar-refractivity contribution >= 4 is 62.5 Å². The maximum Gasteiger partial charge on any atom is 0.354 e. The molecule has 2 heterocycles. The third-order valence-corrected chi connectivity index (χ3v) is 7.67. The molecular weight excluding hydrogens is 578 g/mol. The molecule has 0 fully saturated rings. The van der Waals surface area contributed by atoms with Crippen LogP contribution in [0.5, 0.6) is 5.75 Å². The molecule has 4 rings (SSSR count). The number of aromatic nitrogens is 1. The maximum absolute atomic E-state index is 13.0. The highest BCUT2D eigenvalue weighted by molar-refractivity contribution is 9.10. The molecule has 4 aromatic rings. The van der Waals surface area contributed by atoms with Gasteiger partial charge in [0.05, 0.1) is 17.6 Å². The smallest absolute Gasteiger partial charge is 0.354 e. The molecule has 188 valence electrons. The number of hydrogen-bond donors (Lipinski definition) is 3. The Bertz CT molecular complexity index is 1480. The number of carbonyl (C=O) groups excluding carboxylic acids is 3. The molecule has 0 unspecified atom stereocenters. The molecule has 0 spiro atoms. The highest BCUT2D eigenvalue weighted by Gasteiger charge is 2.19. The minimum Gasteiger partial charge on any atom is -0.508 e. The van der Waals surface area contributed by atoms with Gasteiger partial charge in [-0.3, -0.25) is 9.59 Å². The molecule has 0 radical (unpaired) electrons. The van der Waals surface area contributed by atoms with Crippen LogP contribution in [0.25, 0.3) is 16.0 Å². The van der Waals surface area contributed by atoms with Crippen LogP contribution in [0, 0.1) is 0 Å². The Hall–Kier alpha value is -3.80. The van der Waals surface area contributed by atoms with Crippen LogP contribution in [0.1, 0.15) is 31.2 Å². The van der Waals surface area contributed by atoms with E-state index in [2.05, 4.69) is 31.5 Å². The van der Waals surface area contributed by atoms with E-state index in [-0.39, 0.29) is 29.5 Å². The number of benzene rings is 2. The van der Waals surface area contributed by atoms with Gasteiger partial charge in [0.1, 0.15) is 16.5 Å². The number of thiazole rings is 1. The first-order chi connectivity index (χ1) is 17.8. The number of methoxy groups -OCH3 is 1. The van der Waals surface area contributed by atoms with E-state index < -0.39 is 11.9 Å². The van der Waals surface area contributed by atoms with Crippen LogP contribution < -0.4 is 10.6 Å². The Balaban J connectivity index is 1.47. The summed E-state index contributed by atoms with van der Waals surface area (Å²) in [6.07, 6.45) is 3.13. The number of nitrogens with one attached hydrogen (secondary N) is 2. The molecule has 0 saturated carbocycles. The number of esters is 1. The van der Waals surface area contributed by atoms with Crippen LogP contribution in [0.4, 0.5) is 0 Å². The van der Waals surface area contributed by atoms with Gasteiger partial charge in [0.15, 0.2) is 0 Å². The number of thiophene rings is 1. The number of halogens is 1. The quantitative estimate of drug-likeness (QED) is 0.189. The van der Waals surface area contributed by atoms with Crippen LogP contribution >= 0.6 is 38.6 Å². The molecule has 3 N–H and O–H groups in total. The van der Waals surface area contributed by atoms with Gasteiger partial charge in [-0.1, -0.05) is 18.2 Å². The number of ether oxygens (including phenoxy) is 1. The summed E-state index contributed by atoms with van der Waals surface area (Å²) in [5.74, 6) is -1.50. The van der Waals surface area contributed by atoms with Gasteiger partial charge in [0.2, 0.25) is 0 Å². The van der Waals surface area contributed by atoms with Crippen molar-refractivity contribution in [2.24, 2.45) is 0 Å². The second kappa shape index (κ2) is 12.0. The number of rotatable bonds is 8. The van der Waals surface area contributed by atoms with Crippen LogP contribution in [-0.2, 0) is 16.1 Å². The highest BCUT2D eigenvalue weighted by Crippen LogP contribution is 2.30. The Morgan fingerprint density at radius 2 is 1.95 bits per heavy atom. The Labute approximate surface area is 228 Å². The molecule has 0 aliphatic rings. The van der Waals surface area contributed by atoms with Gasteiger partial charge in [-0.05, 0) is 69.3 Å². The predicted octanol–water partition coefficient (Wildman–Crippen LogP) is 5.21. The van der Waals surface area contributed by atoms with Crippen molar-refractivity contribution in [3.63, 3.8) is 0 Å². The lowest BCUT2D eigenvalue weighted by atomic mass is 10.1. The number of carbonyl (C=O) groups is 3. The summed E-state index contributed by atoms with van der Waals surface area (Å²) in [5, 5.41) is 17.7. The van der Waals surface area contributed by atoms with Crippen molar-refractivity contribution in [2.45, 2.75) is 6.54 Å². The van der Waals surface area contributed by atoms with E-state index in [9.17, 15) is 19.5 Å². The molecule has 0 aliphatic heterocycles. The molecule has 2 aromatic heterocycles. The van der Waals surface area contributed by atoms with Crippen LogP contribution in [0.2, 0.25) is 0 Å². The molecule has 0 aliphatic carbocycles. The van der Waals surface area contributed by atoms with Gasteiger partial charge in [0.25, 0.3) is 11.8 Å². The number of aromatic hydroxyl groups is 1. The second-order valence-electron chi connectivity index (χ2n) is 7.60. The van der Waals surface area contributed by atoms with E-state index >= 15 is 0 Å². The zero-order chi connectivity index (χ0) is 26.4. The number of phenols is 1. The van der Waals surface area contributed by atoms with E-state index in [0.29, 0.717) is 14.9 Å². The average molecular weight is 599 g/mol. The third kappa shape index (κ3) is 6.70. The highest BCUT2D eigenvalue weighted by atomic mass is 79.9. The first-order valence-electron chi connectivity index (χ1n) is 10.8. The van der Waals surface area contributed by atoms with Crippen molar-refractivity contribution in [2.75, 3.05) is 7.11 Å². The van der Waals surface area contributed by atoms with Gasteiger partial charge in [-0.2, -0.15) is 0 Å². The summed E-state index contributed by atoms with van der Waals surface area (Å²) < 4.78 is 5.21. The minimum absolute atomic E-state index is 0.0475. The van der Waals surface area contributed by atoms with E-state index in [1.165, 1.54) is 42.7 Å². The van der Waals surface area contributed by atoms with Crippen molar-refractivity contribution in [1.29, 1.82) is 0 Å². The van der Waals surface area contributed by atoms with Crippen molar-refractivity contribution in [3.8, 4) is 15.6 Å². The predicted molar refractivity (Wildman–Crippen MR) is 146 cm³/mol. The Kier molecular flexibility index (Phi) is 8.49. The first kappa shape index (κ1) is 26.3. The van der Waals surface area contributed by atoms with Crippen molar-refractivity contribution < 1.29 is 24.2 Å². The fourth-order valence-electron chi connectivity index (χ4n) is 3.25. The lowest BCUT2D eigenvalue weighted by Crippen LogP contribution is -2.28. The minimum atomic E-state index is -0.710.